The predicted octanol–water partition coefficient (Wildman–Crippen LogP) is -0.236. The first-order valence-corrected chi connectivity index (χ1v) is 4.93. The third kappa shape index (κ3) is 5.21. The molecule has 0 bridgehead atoms. The molecule has 1 rings (SSSR count). The van der Waals surface area contributed by atoms with Gasteiger partial charge in [-0.3, -0.25) is 0 Å². The molecule has 0 saturated carbocycles. The van der Waals surface area contributed by atoms with Crippen molar-refractivity contribution in [3.05, 3.63) is 0 Å². The quantitative estimate of drug-likeness (QED) is 0.566. The molecule has 0 amide bonds. The second kappa shape index (κ2) is 7.26. The fourth-order valence-corrected chi connectivity index (χ4v) is 1.40. The van der Waals surface area contributed by atoms with Crippen LogP contribution in [0.3, 0.4) is 0 Å². The molecule has 78 valence electrons. The van der Waals surface area contributed by atoms with Crippen molar-refractivity contribution < 1.29 is 14.6 Å². The smallest absolute Gasteiger partial charge is 0.0698 e. The number of hydrogen-bond acceptors (Lipinski definition) is 4. The molecular formula is C9H19NO3. The highest BCUT2D eigenvalue weighted by molar-refractivity contribution is 4.69. The van der Waals surface area contributed by atoms with Gasteiger partial charge in [0.2, 0.25) is 0 Å². The molecule has 0 aromatic heterocycles. The molecule has 4 heteroatoms. The Morgan fingerprint density at radius 3 is 2.77 bits per heavy atom. The maximum absolute atomic E-state index is 8.45. The second-order valence-corrected chi connectivity index (χ2v) is 3.18. The Balaban J connectivity index is 1.86. The second-order valence-electron chi connectivity index (χ2n) is 3.18. The number of rotatable bonds is 6. The molecule has 1 heterocycles. The Morgan fingerprint density at radius 2 is 2.08 bits per heavy atom. The molecule has 0 unspecified atom stereocenters. The molecule has 13 heavy (non-hydrogen) atoms. The van der Waals surface area contributed by atoms with E-state index in [1.807, 2.05) is 0 Å². The van der Waals surface area contributed by atoms with Crippen molar-refractivity contribution in [2.75, 3.05) is 39.6 Å². The van der Waals surface area contributed by atoms with Crippen LogP contribution in [0.2, 0.25) is 0 Å². The molecular weight excluding hydrogens is 170 g/mol. The van der Waals surface area contributed by atoms with Crippen molar-refractivity contribution in [3.63, 3.8) is 0 Å². The first-order chi connectivity index (χ1) is 6.43. The summed E-state index contributed by atoms with van der Waals surface area (Å²) >= 11 is 0. The summed E-state index contributed by atoms with van der Waals surface area (Å²) in [5, 5.41) is 11.8. The summed E-state index contributed by atoms with van der Waals surface area (Å²) in [6.07, 6.45) is 2.19. The SMILES string of the molecule is OCCOCCNC1CCOCC1. The van der Waals surface area contributed by atoms with Crippen molar-refractivity contribution in [3.8, 4) is 0 Å². The van der Waals surface area contributed by atoms with Crippen LogP contribution in [0, 0.1) is 0 Å². The Morgan fingerprint density at radius 1 is 1.31 bits per heavy atom. The lowest BCUT2D eigenvalue weighted by molar-refractivity contribution is 0.0680. The van der Waals surface area contributed by atoms with Crippen LogP contribution in [-0.4, -0.2) is 50.7 Å². The van der Waals surface area contributed by atoms with Gasteiger partial charge in [-0.25, -0.2) is 0 Å². The summed E-state index contributed by atoms with van der Waals surface area (Å²) in [6, 6.07) is 0.589. The number of nitrogens with one attached hydrogen (secondary N) is 1. The van der Waals surface area contributed by atoms with Crippen LogP contribution in [0.1, 0.15) is 12.8 Å². The Bertz CT molecular complexity index is 115. The van der Waals surface area contributed by atoms with E-state index in [0.717, 1.165) is 32.6 Å². The molecule has 0 aliphatic carbocycles. The van der Waals surface area contributed by atoms with Gasteiger partial charge in [-0.15, -0.1) is 0 Å². The van der Waals surface area contributed by atoms with Crippen molar-refractivity contribution in [2.24, 2.45) is 0 Å². The van der Waals surface area contributed by atoms with E-state index in [0.29, 0.717) is 19.3 Å². The highest BCUT2D eigenvalue weighted by Gasteiger charge is 2.11. The van der Waals surface area contributed by atoms with Crippen molar-refractivity contribution >= 4 is 0 Å². The third-order valence-corrected chi connectivity index (χ3v) is 2.14. The molecule has 0 radical (unpaired) electrons. The van der Waals surface area contributed by atoms with E-state index < -0.39 is 0 Å². The molecule has 1 aliphatic heterocycles. The lowest BCUT2D eigenvalue weighted by Gasteiger charge is -2.23. The topological polar surface area (TPSA) is 50.7 Å². The van der Waals surface area contributed by atoms with E-state index in [-0.39, 0.29) is 6.61 Å². The highest BCUT2D eigenvalue weighted by Crippen LogP contribution is 2.05. The first-order valence-electron chi connectivity index (χ1n) is 4.93. The van der Waals surface area contributed by atoms with E-state index in [1.54, 1.807) is 0 Å². The van der Waals surface area contributed by atoms with Gasteiger partial charge in [0.1, 0.15) is 0 Å². The van der Waals surface area contributed by atoms with Crippen LogP contribution in [0.15, 0.2) is 0 Å². The lowest BCUT2D eigenvalue weighted by atomic mass is 10.1. The average molecular weight is 189 g/mol. The van der Waals surface area contributed by atoms with Gasteiger partial charge < -0.3 is 19.9 Å². The number of aliphatic hydroxyl groups is 1. The molecule has 4 nitrogen and oxygen atoms in total. The molecule has 0 aromatic carbocycles. The number of ether oxygens (including phenoxy) is 2. The van der Waals surface area contributed by atoms with Crippen LogP contribution in [0.4, 0.5) is 0 Å². The Kier molecular flexibility index (Phi) is 6.10. The molecule has 0 spiro atoms. The zero-order valence-corrected chi connectivity index (χ0v) is 8.00. The average Bonchev–Trinajstić information content (AvgIpc) is 2.19. The standard InChI is InChI=1S/C9H19NO3/c11-4-8-13-7-3-10-9-1-5-12-6-2-9/h9-11H,1-8H2. The number of aliphatic hydroxyl groups excluding tert-OH is 1. The van der Waals surface area contributed by atoms with E-state index >= 15 is 0 Å². The molecule has 1 aliphatic rings. The minimum atomic E-state index is 0.108. The summed E-state index contributed by atoms with van der Waals surface area (Å²) in [5.74, 6) is 0. The van der Waals surface area contributed by atoms with Gasteiger partial charge in [-0.1, -0.05) is 0 Å². The van der Waals surface area contributed by atoms with Crippen LogP contribution in [-0.2, 0) is 9.47 Å². The zero-order valence-electron chi connectivity index (χ0n) is 8.00. The third-order valence-electron chi connectivity index (χ3n) is 2.14. The predicted molar refractivity (Wildman–Crippen MR) is 49.7 cm³/mol. The molecule has 0 aromatic rings. The maximum atomic E-state index is 8.45. The number of hydrogen-bond donors (Lipinski definition) is 2. The Hall–Kier alpha value is -0.160. The lowest BCUT2D eigenvalue weighted by Crippen LogP contribution is -2.36. The molecule has 1 saturated heterocycles. The van der Waals surface area contributed by atoms with E-state index in [1.165, 1.54) is 0 Å². The first kappa shape index (κ1) is 10.9. The maximum Gasteiger partial charge on any atom is 0.0698 e. The van der Waals surface area contributed by atoms with Crippen molar-refractivity contribution in [2.45, 2.75) is 18.9 Å². The van der Waals surface area contributed by atoms with Crippen LogP contribution < -0.4 is 5.32 Å². The minimum Gasteiger partial charge on any atom is -0.394 e. The van der Waals surface area contributed by atoms with E-state index in [4.69, 9.17) is 14.6 Å². The van der Waals surface area contributed by atoms with Crippen molar-refractivity contribution in [1.82, 2.24) is 5.32 Å². The van der Waals surface area contributed by atoms with Crippen LogP contribution in [0.25, 0.3) is 0 Å². The molecule has 0 atom stereocenters. The molecule has 2 N–H and O–H groups in total. The zero-order chi connectivity index (χ0) is 9.36. The van der Waals surface area contributed by atoms with Crippen LogP contribution >= 0.6 is 0 Å². The normalized spacial score (nSPS) is 19.2. The minimum absolute atomic E-state index is 0.108. The summed E-state index contributed by atoms with van der Waals surface area (Å²) in [7, 11) is 0. The largest absolute Gasteiger partial charge is 0.394 e. The molecule has 1 fully saturated rings. The fraction of sp³-hybridized carbons (Fsp3) is 1.00. The van der Waals surface area contributed by atoms with Gasteiger partial charge in [-0.05, 0) is 12.8 Å². The van der Waals surface area contributed by atoms with Crippen LogP contribution in [0.5, 0.6) is 0 Å². The van der Waals surface area contributed by atoms with Gasteiger partial charge in [0.15, 0.2) is 0 Å². The van der Waals surface area contributed by atoms with E-state index in [2.05, 4.69) is 5.32 Å². The summed E-state index contributed by atoms with van der Waals surface area (Å²) in [4.78, 5) is 0. The monoisotopic (exact) mass is 189 g/mol. The fourth-order valence-electron chi connectivity index (χ4n) is 1.40. The van der Waals surface area contributed by atoms with Gasteiger partial charge >= 0.3 is 0 Å². The van der Waals surface area contributed by atoms with Gasteiger partial charge in [0.25, 0.3) is 0 Å². The summed E-state index contributed by atoms with van der Waals surface area (Å²) in [6.45, 7) is 3.83. The Labute approximate surface area is 79.2 Å². The van der Waals surface area contributed by atoms with Gasteiger partial charge in [0.05, 0.1) is 19.8 Å². The van der Waals surface area contributed by atoms with Gasteiger partial charge in [0, 0.05) is 25.8 Å². The summed E-state index contributed by atoms with van der Waals surface area (Å²) < 4.78 is 10.4. The van der Waals surface area contributed by atoms with Gasteiger partial charge in [-0.2, -0.15) is 0 Å². The summed E-state index contributed by atoms with van der Waals surface area (Å²) in [5.41, 5.74) is 0. The van der Waals surface area contributed by atoms with Crippen molar-refractivity contribution in [1.29, 1.82) is 0 Å². The van der Waals surface area contributed by atoms with E-state index in [9.17, 15) is 0 Å². The highest BCUT2D eigenvalue weighted by atomic mass is 16.5.